The van der Waals surface area contributed by atoms with E-state index < -0.39 is 17.3 Å². The van der Waals surface area contributed by atoms with Gasteiger partial charge in [-0.3, -0.25) is 9.59 Å². The minimum atomic E-state index is -4.72. The van der Waals surface area contributed by atoms with Crippen LogP contribution in [0.1, 0.15) is 29.5 Å². The number of halogens is 3. The van der Waals surface area contributed by atoms with Gasteiger partial charge in [-0.1, -0.05) is 0 Å². The first-order valence-electron chi connectivity index (χ1n) is 13.1. The summed E-state index contributed by atoms with van der Waals surface area (Å²) in [6, 6.07) is 8.88. The summed E-state index contributed by atoms with van der Waals surface area (Å²) in [5.41, 5.74) is 0.819. The van der Waals surface area contributed by atoms with Gasteiger partial charge in [0, 0.05) is 50.1 Å². The lowest BCUT2D eigenvalue weighted by Crippen LogP contribution is -2.32. The van der Waals surface area contributed by atoms with E-state index >= 15 is 0 Å². The summed E-state index contributed by atoms with van der Waals surface area (Å²) >= 11 is 0. The highest BCUT2D eigenvalue weighted by atomic mass is 19.4. The van der Waals surface area contributed by atoms with E-state index in [0.717, 1.165) is 16.3 Å². The van der Waals surface area contributed by atoms with Gasteiger partial charge in [0.25, 0.3) is 5.56 Å². The summed E-state index contributed by atoms with van der Waals surface area (Å²) in [4.78, 5) is 29.5. The molecule has 0 N–H and O–H groups in total. The molecule has 0 radical (unpaired) electrons. The van der Waals surface area contributed by atoms with Crippen molar-refractivity contribution in [2.24, 2.45) is 5.92 Å². The summed E-state index contributed by atoms with van der Waals surface area (Å²) in [5, 5.41) is 4.56. The molecule has 0 spiro atoms. The van der Waals surface area contributed by atoms with Crippen LogP contribution in [0.3, 0.4) is 0 Å². The zero-order valence-corrected chi connectivity index (χ0v) is 22.8. The first kappa shape index (κ1) is 27.5. The van der Waals surface area contributed by atoms with Gasteiger partial charge in [0.2, 0.25) is 5.91 Å². The number of amides is 1. The van der Waals surface area contributed by atoms with Crippen molar-refractivity contribution in [3.63, 3.8) is 0 Å². The zero-order valence-electron chi connectivity index (χ0n) is 22.8. The number of carbonyl (C=O) groups is 1. The van der Waals surface area contributed by atoms with E-state index in [0.29, 0.717) is 72.8 Å². The van der Waals surface area contributed by atoms with Crippen molar-refractivity contribution in [2.45, 2.75) is 31.9 Å². The maximum Gasteiger partial charge on any atom is 0.418 e. The van der Waals surface area contributed by atoms with Gasteiger partial charge in [-0.05, 0) is 61.6 Å². The van der Waals surface area contributed by atoms with Crippen LogP contribution in [0.2, 0.25) is 0 Å². The Balaban J connectivity index is 1.68. The van der Waals surface area contributed by atoms with E-state index in [1.165, 1.54) is 31.3 Å². The summed E-state index contributed by atoms with van der Waals surface area (Å²) in [6.45, 7) is 0.889. The lowest BCUT2D eigenvalue weighted by atomic mass is 10.0. The largest absolute Gasteiger partial charge is 0.497 e. The number of hydrogen-bond donors (Lipinski definition) is 0. The summed E-state index contributed by atoms with van der Waals surface area (Å²) in [5.74, 6) is 0.713. The summed E-state index contributed by atoms with van der Waals surface area (Å²) in [7, 11) is 6.38. The first-order chi connectivity index (χ1) is 19.0. The van der Waals surface area contributed by atoms with Crippen molar-refractivity contribution in [1.29, 1.82) is 0 Å². The highest BCUT2D eigenvalue weighted by Crippen LogP contribution is 2.38. The number of nitrogens with zero attached hydrogens (tertiary/aromatic N) is 4. The monoisotopic (exact) mass is 556 g/mol. The fourth-order valence-corrected chi connectivity index (χ4v) is 5.61. The van der Waals surface area contributed by atoms with Crippen LogP contribution in [0.5, 0.6) is 11.5 Å². The number of aromatic nitrogens is 2. The third-order valence-electron chi connectivity index (χ3n) is 7.64. The number of ether oxygens (including phenoxy) is 2. The van der Waals surface area contributed by atoms with Crippen molar-refractivity contribution in [1.82, 2.24) is 14.7 Å². The molecule has 1 unspecified atom stereocenters. The second-order valence-corrected chi connectivity index (χ2v) is 10.3. The topological polar surface area (TPSA) is 76.9 Å². The molecule has 11 heteroatoms. The number of hydrogen-bond acceptors (Lipinski definition) is 6. The Kier molecular flexibility index (Phi) is 7.24. The van der Waals surface area contributed by atoms with Crippen LogP contribution < -0.4 is 19.9 Å². The molecule has 3 aromatic rings. The molecule has 5 rings (SSSR count). The molecule has 2 heterocycles. The average Bonchev–Trinajstić information content (AvgIpc) is 3.62. The smallest absolute Gasteiger partial charge is 0.418 e. The minimum Gasteiger partial charge on any atom is -0.497 e. The van der Waals surface area contributed by atoms with E-state index in [1.54, 1.807) is 32.3 Å². The molecule has 40 heavy (non-hydrogen) atoms. The van der Waals surface area contributed by atoms with Crippen molar-refractivity contribution >= 4 is 11.6 Å². The Labute approximate surface area is 229 Å². The molecule has 0 bridgehead atoms. The van der Waals surface area contributed by atoms with Crippen LogP contribution in [-0.4, -0.2) is 62.0 Å². The predicted molar refractivity (Wildman–Crippen MR) is 144 cm³/mol. The Hall–Kier alpha value is -4.02. The molecular formula is C29H31F3N4O4. The van der Waals surface area contributed by atoms with Gasteiger partial charge in [-0.2, -0.15) is 23.0 Å². The normalized spacial score (nSPS) is 16.7. The lowest BCUT2D eigenvalue weighted by Gasteiger charge is -2.23. The van der Waals surface area contributed by atoms with Crippen molar-refractivity contribution < 1.29 is 27.4 Å². The molecular weight excluding hydrogens is 525 g/mol. The number of methoxy groups -OCH3 is 2. The molecule has 1 atom stereocenters. The number of anilines is 1. The third kappa shape index (κ3) is 5.00. The van der Waals surface area contributed by atoms with Crippen LogP contribution in [0.15, 0.2) is 41.2 Å². The molecule has 1 fully saturated rings. The van der Waals surface area contributed by atoms with Crippen molar-refractivity contribution in [2.75, 3.05) is 46.3 Å². The maximum absolute atomic E-state index is 14.3. The van der Waals surface area contributed by atoms with Crippen LogP contribution >= 0.6 is 0 Å². The Morgan fingerprint density at radius 1 is 1.02 bits per heavy atom. The minimum absolute atomic E-state index is 0.0236. The van der Waals surface area contributed by atoms with Crippen molar-refractivity contribution in [3.05, 3.63) is 63.4 Å². The molecule has 1 amide bonds. The van der Waals surface area contributed by atoms with Crippen LogP contribution in [0, 0.1) is 5.92 Å². The lowest BCUT2D eigenvalue weighted by molar-refractivity contribution is -0.137. The molecule has 212 valence electrons. The molecule has 2 aliphatic rings. The molecule has 0 saturated carbocycles. The van der Waals surface area contributed by atoms with E-state index in [2.05, 4.69) is 5.10 Å². The van der Waals surface area contributed by atoms with Crippen LogP contribution in [0.25, 0.3) is 16.9 Å². The number of alkyl halides is 3. The van der Waals surface area contributed by atoms with E-state index in [4.69, 9.17) is 9.47 Å². The molecule has 8 nitrogen and oxygen atoms in total. The highest BCUT2D eigenvalue weighted by Gasteiger charge is 2.37. The fraction of sp³-hybridized carbons (Fsp3) is 0.414. The zero-order chi connectivity index (χ0) is 28.8. The number of fused-ring (bicyclic) bond motifs is 1. The Morgan fingerprint density at radius 2 is 1.70 bits per heavy atom. The number of benzene rings is 2. The standard InChI is InChI=1S/C29H31F3N4O4/c1-34(2)27(37)17-10-11-35(16-17)19-8-9-24(29(30,31)32)25(14-19)36-28(38)23-7-5-6-22(23)26(33-36)18-12-20(39-3)15-21(13-18)40-4/h8-9,12-15,17H,5-7,10-11,16H2,1-4H3. The second kappa shape index (κ2) is 10.5. The first-order valence-corrected chi connectivity index (χ1v) is 13.1. The molecule has 2 aromatic carbocycles. The SMILES string of the molecule is COc1cc(OC)cc(-c2nn(-c3cc(N4CCC(C(=O)N(C)C)C4)ccc3C(F)(F)F)c(=O)c3c2CCC3)c1. The van der Waals surface area contributed by atoms with Crippen LogP contribution in [0.4, 0.5) is 18.9 Å². The van der Waals surface area contributed by atoms with Gasteiger partial charge in [-0.25, -0.2) is 0 Å². The number of carbonyl (C=O) groups excluding carboxylic acids is 1. The summed E-state index contributed by atoms with van der Waals surface area (Å²) < 4.78 is 54.5. The fourth-order valence-electron chi connectivity index (χ4n) is 5.61. The number of rotatable bonds is 6. The van der Waals surface area contributed by atoms with Crippen molar-refractivity contribution in [3.8, 4) is 28.4 Å². The van der Waals surface area contributed by atoms with Gasteiger partial charge >= 0.3 is 6.18 Å². The molecule has 1 aromatic heterocycles. The average molecular weight is 557 g/mol. The van der Waals surface area contributed by atoms with E-state index in [1.807, 2.05) is 4.90 Å². The quantitative estimate of drug-likeness (QED) is 0.450. The molecule has 1 aliphatic heterocycles. The van der Waals surface area contributed by atoms with Crippen LogP contribution in [-0.2, 0) is 23.8 Å². The Bertz CT molecular complexity index is 1490. The highest BCUT2D eigenvalue weighted by molar-refractivity contribution is 5.80. The van der Waals surface area contributed by atoms with Gasteiger partial charge in [-0.15, -0.1) is 0 Å². The summed E-state index contributed by atoms with van der Waals surface area (Å²) in [6.07, 6.45) is -2.39. The van der Waals surface area contributed by atoms with Gasteiger partial charge in [0.15, 0.2) is 0 Å². The molecule has 1 saturated heterocycles. The van der Waals surface area contributed by atoms with Gasteiger partial charge in [0.1, 0.15) is 11.5 Å². The van der Waals surface area contributed by atoms with E-state index in [9.17, 15) is 22.8 Å². The molecule has 1 aliphatic carbocycles. The van der Waals surface area contributed by atoms with E-state index in [-0.39, 0.29) is 17.5 Å². The predicted octanol–water partition coefficient (Wildman–Crippen LogP) is 4.34. The third-order valence-corrected chi connectivity index (χ3v) is 7.64. The van der Waals surface area contributed by atoms with Gasteiger partial charge in [0.05, 0.1) is 37.1 Å². The maximum atomic E-state index is 14.3. The second-order valence-electron chi connectivity index (χ2n) is 10.3. The van der Waals surface area contributed by atoms with Gasteiger partial charge < -0.3 is 19.3 Å². The Morgan fingerprint density at radius 3 is 2.33 bits per heavy atom.